The second kappa shape index (κ2) is 8.48. The number of hydrogen-bond donors (Lipinski definition) is 1. The Morgan fingerprint density at radius 2 is 1.91 bits per heavy atom. The van der Waals surface area contributed by atoms with Crippen molar-refractivity contribution in [1.29, 1.82) is 0 Å². The number of ether oxygens (including phenoxy) is 1. The molecule has 0 radical (unpaired) electrons. The predicted molar refractivity (Wildman–Crippen MR) is 114 cm³/mol. The van der Waals surface area contributed by atoms with E-state index in [2.05, 4.69) is 9.97 Å². The van der Waals surface area contributed by atoms with Gasteiger partial charge in [0.25, 0.3) is 0 Å². The molecule has 7 nitrogen and oxygen atoms in total. The first kappa shape index (κ1) is 23.3. The standard InChI is InChI=1S/C23H27F3N4O3/c1-21(2,32)15-22(16-6-4-3-5-7-16)10-13-30(20(31)33-22)17-9-12-29(14-17)19-27-11-8-18(28-19)23(24,25)26/h3-8,11,17,32H,9-10,12-15H2,1-2H3/t17-,22-/m0/s1. The topological polar surface area (TPSA) is 78.8 Å². The van der Waals surface area contributed by atoms with Crippen LogP contribution < -0.4 is 4.90 Å². The van der Waals surface area contributed by atoms with E-state index in [0.717, 1.165) is 17.8 Å². The number of benzene rings is 1. The smallest absolute Gasteiger partial charge is 0.433 e. The summed E-state index contributed by atoms with van der Waals surface area (Å²) in [5.41, 5.74) is -2.17. The van der Waals surface area contributed by atoms with Gasteiger partial charge in [0, 0.05) is 38.7 Å². The molecule has 0 unspecified atom stereocenters. The number of carbonyl (C=O) groups is 1. The molecule has 2 aliphatic heterocycles. The van der Waals surface area contributed by atoms with Gasteiger partial charge in [-0.25, -0.2) is 14.8 Å². The van der Waals surface area contributed by atoms with E-state index in [1.54, 1.807) is 23.6 Å². The van der Waals surface area contributed by atoms with Gasteiger partial charge in [-0.15, -0.1) is 0 Å². The summed E-state index contributed by atoms with van der Waals surface area (Å²) in [5, 5.41) is 10.5. The molecule has 10 heteroatoms. The number of rotatable bonds is 5. The molecule has 2 saturated heterocycles. The molecular formula is C23H27F3N4O3. The molecule has 1 aromatic heterocycles. The molecule has 1 amide bonds. The van der Waals surface area contributed by atoms with E-state index < -0.39 is 29.2 Å². The number of alkyl halides is 3. The van der Waals surface area contributed by atoms with E-state index in [1.807, 2.05) is 30.3 Å². The second-order valence-corrected chi connectivity index (χ2v) is 9.29. The number of halogens is 3. The first-order chi connectivity index (χ1) is 15.5. The molecule has 0 saturated carbocycles. The summed E-state index contributed by atoms with van der Waals surface area (Å²) in [6, 6.07) is 9.99. The largest absolute Gasteiger partial charge is 0.438 e. The zero-order valence-corrected chi connectivity index (χ0v) is 18.5. The molecule has 0 spiro atoms. The van der Waals surface area contributed by atoms with Crippen LogP contribution in [0.4, 0.5) is 23.9 Å². The number of aliphatic hydroxyl groups is 1. The van der Waals surface area contributed by atoms with E-state index >= 15 is 0 Å². The fourth-order valence-electron chi connectivity index (χ4n) is 4.71. The van der Waals surface area contributed by atoms with E-state index in [1.165, 1.54) is 0 Å². The highest BCUT2D eigenvalue weighted by Crippen LogP contribution is 2.41. The fraction of sp³-hybridized carbons (Fsp3) is 0.522. The van der Waals surface area contributed by atoms with Gasteiger partial charge in [-0.3, -0.25) is 0 Å². The molecule has 3 heterocycles. The van der Waals surface area contributed by atoms with Crippen LogP contribution in [0.1, 0.15) is 44.4 Å². The summed E-state index contributed by atoms with van der Waals surface area (Å²) in [7, 11) is 0. The maximum atomic E-state index is 13.1. The summed E-state index contributed by atoms with van der Waals surface area (Å²) in [5.74, 6) is -0.00151. The normalized spacial score (nSPS) is 24.2. The molecule has 178 valence electrons. The van der Waals surface area contributed by atoms with Crippen LogP contribution in [0.2, 0.25) is 0 Å². The van der Waals surface area contributed by atoms with Gasteiger partial charge < -0.3 is 19.6 Å². The van der Waals surface area contributed by atoms with Crippen LogP contribution in [-0.4, -0.2) is 57.3 Å². The number of anilines is 1. The number of amides is 1. The highest BCUT2D eigenvalue weighted by molar-refractivity contribution is 5.70. The molecule has 1 aromatic carbocycles. The highest BCUT2D eigenvalue weighted by atomic mass is 19.4. The van der Waals surface area contributed by atoms with Crippen LogP contribution in [-0.2, 0) is 16.5 Å². The van der Waals surface area contributed by atoms with E-state index in [9.17, 15) is 23.1 Å². The quantitative estimate of drug-likeness (QED) is 0.722. The lowest BCUT2D eigenvalue weighted by molar-refractivity contribution is -0.141. The number of hydrogen-bond acceptors (Lipinski definition) is 6. The third-order valence-corrected chi connectivity index (χ3v) is 6.11. The lowest BCUT2D eigenvalue weighted by atomic mass is 9.80. The third kappa shape index (κ3) is 5.05. The molecule has 1 N–H and O–H groups in total. The van der Waals surface area contributed by atoms with Crippen LogP contribution in [0, 0.1) is 0 Å². The minimum atomic E-state index is -4.55. The van der Waals surface area contributed by atoms with Crippen molar-refractivity contribution in [1.82, 2.24) is 14.9 Å². The Bertz CT molecular complexity index is 996. The van der Waals surface area contributed by atoms with Crippen LogP contribution in [0.25, 0.3) is 0 Å². The minimum absolute atomic E-state index is 0.00151. The Balaban J connectivity index is 1.49. The predicted octanol–water partition coefficient (Wildman–Crippen LogP) is 3.97. The molecule has 0 aliphatic carbocycles. The second-order valence-electron chi connectivity index (χ2n) is 9.29. The Morgan fingerprint density at radius 3 is 2.55 bits per heavy atom. The minimum Gasteiger partial charge on any atom is -0.438 e. The van der Waals surface area contributed by atoms with Crippen molar-refractivity contribution in [3.8, 4) is 0 Å². The molecule has 2 aromatic rings. The summed E-state index contributed by atoms with van der Waals surface area (Å²) in [6.45, 7) is 4.53. The third-order valence-electron chi connectivity index (χ3n) is 6.11. The molecule has 4 rings (SSSR count). The molecule has 2 atom stereocenters. The Morgan fingerprint density at radius 1 is 1.18 bits per heavy atom. The maximum absolute atomic E-state index is 13.1. The van der Waals surface area contributed by atoms with Crippen molar-refractivity contribution >= 4 is 12.0 Å². The van der Waals surface area contributed by atoms with E-state index in [-0.39, 0.29) is 18.4 Å². The lowest BCUT2D eigenvalue weighted by Gasteiger charge is -2.45. The van der Waals surface area contributed by atoms with Gasteiger partial charge in [0.15, 0.2) is 0 Å². The van der Waals surface area contributed by atoms with Crippen LogP contribution in [0.3, 0.4) is 0 Å². The van der Waals surface area contributed by atoms with Crippen molar-refractivity contribution in [3.05, 3.63) is 53.9 Å². The number of nitrogens with zero attached hydrogens (tertiary/aromatic N) is 4. The zero-order chi connectivity index (χ0) is 23.9. The first-order valence-corrected chi connectivity index (χ1v) is 10.9. The maximum Gasteiger partial charge on any atom is 0.433 e. The highest BCUT2D eigenvalue weighted by Gasteiger charge is 2.47. The summed E-state index contributed by atoms with van der Waals surface area (Å²) in [6.07, 6.45) is -2.64. The van der Waals surface area contributed by atoms with Crippen molar-refractivity contribution < 1.29 is 27.8 Å². The zero-order valence-electron chi connectivity index (χ0n) is 18.5. The molecule has 2 aliphatic rings. The Kier molecular flexibility index (Phi) is 5.98. The fourth-order valence-corrected chi connectivity index (χ4v) is 4.71. The Hall–Kier alpha value is -2.88. The van der Waals surface area contributed by atoms with Crippen molar-refractivity contribution in [3.63, 3.8) is 0 Å². The van der Waals surface area contributed by atoms with Crippen LogP contribution >= 0.6 is 0 Å². The average molecular weight is 464 g/mol. The van der Waals surface area contributed by atoms with E-state index in [0.29, 0.717) is 32.5 Å². The molecule has 0 bridgehead atoms. The average Bonchev–Trinajstić information content (AvgIpc) is 3.23. The molecular weight excluding hydrogens is 437 g/mol. The lowest BCUT2D eigenvalue weighted by Crippen LogP contribution is -2.54. The van der Waals surface area contributed by atoms with Crippen molar-refractivity contribution in [2.75, 3.05) is 24.5 Å². The van der Waals surface area contributed by atoms with Crippen molar-refractivity contribution in [2.24, 2.45) is 0 Å². The van der Waals surface area contributed by atoms with Crippen LogP contribution in [0.5, 0.6) is 0 Å². The Labute approximate surface area is 190 Å². The summed E-state index contributed by atoms with van der Waals surface area (Å²) >= 11 is 0. The number of cyclic esters (lactones) is 1. The van der Waals surface area contributed by atoms with Gasteiger partial charge >= 0.3 is 12.3 Å². The van der Waals surface area contributed by atoms with Gasteiger partial charge in [-0.2, -0.15) is 13.2 Å². The summed E-state index contributed by atoms with van der Waals surface area (Å²) in [4.78, 5) is 24.0. The van der Waals surface area contributed by atoms with Gasteiger partial charge in [-0.05, 0) is 31.9 Å². The summed E-state index contributed by atoms with van der Waals surface area (Å²) < 4.78 is 45.0. The first-order valence-electron chi connectivity index (χ1n) is 10.9. The monoisotopic (exact) mass is 464 g/mol. The van der Waals surface area contributed by atoms with E-state index in [4.69, 9.17) is 4.74 Å². The van der Waals surface area contributed by atoms with Gasteiger partial charge in [-0.1, -0.05) is 30.3 Å². The number of carbonyl (C=O) groups excluding carboxylic acids is 1. The van der Waals surface area contributed by atoms with Gasteiger partial charge in [0.1, 0.15) is 11.3 Å². The van der Waals surface area contributed by atoms with Crippen molar-refractivity contribution in [2.45, 2.75) is 56.5 Å². The van der Waals surface area contributed by atoms with Crippen LogP contribution in [0.15, 0.2) is 42.6 Å². The molecule has 33 heavy (non-hydrogen) atoms. The molecule has 2 fully saturated rings. The SMILES string of the molecule is CC(C)(O)C[C@]1(c2ccccc2)CCN([C@H]2CCN(c3nccc(C(F)(F)F)n3)C2)C(=O)O1. The number of aromatic nitrogens is 2. The van der Waals surface area contributed by atoms with Gasteiger partial charge in [0.05, 0.1) is 11.6 Å². The van der Waals surface area contributed by atoms with Gasteiger partial charge in [0.2, 0.25) is 5.95 Å².